The number of aromatic amines is 1. The van der Waals surface area contributed by atoms with Crippen molar-refractivity contribution in [2.75, 3.05) is 0 Å². The van der Waals surface area contributed by atoms with Gasteiger partial charge in [-0.2, -0.15) is 0 Å². The molecular weight excluding hydrogens is 265 g/mol. The molecule has 0 saturated carbocycles. The van der Waals surface area contributed by atoms with E-state index in [0.29, 0.717) is 15.8 Å². The third-order valence-electron chi connectivity index (χ3n) is 2.56. The van der Waals surface area contributed by atoms with Gasteiger partial charge >= 0.3 is 0 Å². The second-order valence-electron chi connectivity index (χ2n) is 3.66. The van der Waals surface area contributed by atoms with E-state index in [1.54, 1.807) is 6.92 Å². The monoisotopic (exact) mass is 273 g/mol. The molecule has 0 saturated heterocycles. The van der Waals surface area contributed by atoms with E-state index in [-0.39, 0.29) is 5.02 Å². The molecule has 2 aromatic rings. The number of aromatic nitrogens is 2. The number of carbonyl (C=O) groups excluding carboxylic acids is 1. The third kappa shape index (κ3) is 1.94. The normalized spacial score (nSPS) is 12.9. The summed E-state index contributed by atoms with van der Waals surface area (Å²) in [5.41, 5.74) is 6.24. The number of amides is 1. The number of halogens is 2. The fraction of sp³-hybridized carbons (Fsp3) is 0.200. The number of nitrogens with one attached hydrogen (secondary N) is 1. The van der Waals surface area contributed by atoms with Gasteiger partial charge in [0, 0.05) is 6.07 Å². The van der Waals surface area contributed by atoms with E-state index in [1.807, 2.05) is 0 Å². The van der Waals surface area contributed by atoms with E-state index in [9.17, 15) is 9.18 Å². The topological polar surface area (TPSA) is 63.8 Å². The number of nitrogens with two attached hydrogens (primary N) is 1. The number of H-pyrrole nitrogens is 1. The Hall–Kier alpha value is -1.40. The lowest BCUT2D eigenvalue weighted by atomic mass is 10.2. The fourth-order valence-corrected chi connectivity index (χ4v) is 2.16. The Kier molecular flexibility index (Phi) is 2.92. The van der Waals surface area contributed by atoms with Gasteiger partial charge in [-0.15, -0.1) is 0 Å². The average molecular weight is 274 g/mol. The first-order valence-electron chi connectivity index (χ1n) is 4.80. The summed E-state index contributed by atoms with van der Waals surface area (Å²) < 4.78 is 15.2. The highest BCUT2D eigenvalue weighted by Crippen LogP contribution is 2.24. The van der Waals surface area contributed by atoms with E-state index in [4.69, 9.17) is 29.6 Å². The fourth-order valence-electron chi connectivity index (χ4n) is 1.63. The number of benzene rings is 1. The molecule has 0 fully saturated rings. The van der Waals surface area contributed by atoms with Crippen LogP contribution in [0.3, 0.4) is 0 Å². The zero-order chi connectivity index (χ0) is 12.7. The van der Waals surface area contributed by atoms with Crippen molar-refractivity contribution >= 4 is 40.8 Å². The molecule has 1 amide bonds. The summed E-state index contributed by atoms with van der Waals surface area (Å²) in [6, 6.07) is 1.99. The lowest BCUT2D eigenvalue weighted by molar-refractivity contribution is -0.120. The van der Waals surface area contributed by atoms with Gasteiger partial charge in [0.05, 0.1) is 16.1 Å². The van der Waals surface area contributed by atoms with Crippen molar-refractivity contribution < 1.29 is 9.18 Å². The lowest BCUT2D eigenvalue weighted by Crippen LogP contribution is -2.24. The van der Waals surface area contributed by atoms with E-state index in [2.05, 4.69) is 4.98 Å². The molecule has 90 valence electrons. The predicted octanol–water partition coefficient (Wildman–Crippen LogP) is 2.54. The number of primary amides is 1. The molecule has 2 rings (SSSR count). The van der Waals surface area contributed by atoms with Crippen molar-refractivity contribution in [3.05, 3.63) is 27.7 Å². The van der Waals surface area contributed by atoms with Gasteiger partial charge in [-0.3, -0.25) is 4.79 Å². The summed E-state index contributed by atoms with van der Waals surface area (Å²) in [4.78, 5) is 14.0. The minimum absolute atomic E-state index is 0.00683. The minimum atomic E-state index is -0.656. The first-order valence-corrected chi connectivity index (χ1v) is 5.59. The largest absolute Gasteiger partial charge is 0.368 e. The van der Waals surface area contributed by atoms with Crippen LogP contribution in [0.25, 0.3) is 11.0 Å². The van der Waals surface area contributed by atoms with Crippen LogP contribution in [0.1, 0.15) is 13.0 Å². The van der Waals surface area contributed by atoms with Crippen LogP contribution in [0.15, 0.2) is 12.1 Å². The summed E-state index contributed by atoms with van der Waals surface area (Å²) >= 11 is 10.7. The Labute approximate surface area is 106 Å². The van der Waals surface area contributed by atoms with Crippen molar-refractivity contribution in [3.63, 3.8) is 0 Å². The highest BCUT2D eigenvalue weighted by atomic mass is 35.5. The molecule has 0 aliphatic rings. The molecule has 1 atom stereocenters. The molecule has 0 spiro atoms. The maximum Gasteiger partial charge on any atom is 0.240 e. The van der Waals surface area contributed by atoms with Crippen LogP contribution >= 0.6 is 23.8 Å². The maximum atomic E-state index is 13.4. The van der Waals surface area contributed by atoms with E-state index >= 15 is 0 Å². The molecular formula is C10H9ClFN3OS. The van der Waals surface area contributed by atoms with Gasteiger partial charge in [0.1, 0.15) is 11.9 Å². The molecule has 4 nitrogen and oxygen atoms in total. The second kappa shape index (κ2) is 4.12. The number of hydrogen-bond acceptors (Lipinski definition) is 2. The van der Waals surface area contributed by atoms with Crippen LogP contribution in [0, 0.1) is 10.6 Å². The Balaban J connectivity index is 2.80. The molecule has 0 radical (unpaired) electrons. The van der Waals surface area contributed by atoms with Crippen LogP contribution < -0.4 is 5.73 Å². The van der Waals surface area contributed by atoms with Gasteiger partial charge in [-0.05, 0) is 25.2 Å². The van der Waals surface area contributed by atoms with Gasteiger partial charge in [0.15, 0.2) is 4.77 Å². The maximum absolute atomic E-state index is 13.4. The summed E-state index contributed by atoms with van der Waals surface area (Å²) in [6.45, 7) is 1.60. The quantitative estimate of drug-likeness (QED) is 0.826. The molecule has 3 N–H and O–H groups in total. The highest BCUT2D eigenvalue weighted by Gasteiger charge is 2.17. The van der Waals surface area contributed by atoms with Crippen molar-refractivity contribution in [1.82, 2.24) is 9.55 Å². The first-order chi connectivity index (χ1) is 7.91. The smallest absolute Gasteiger partial charge is 0.240 e. The molecule has 1 aromatic carbocycles. The molecule has 0 aliphatic heterocycles. The molecule has 1 aromatic heterocycles. The van der Waals surface area contributed by atoms with Gasteiger partial charge in [0.25, 0.3) is 0 Å². The number of nitrogens with zero attached hydrogens (tertiary/aromatic N) is 1. The van der Waals surface area contributed by atoms with Crippen LogP contribution in [-0.2, 0) is 4.79 Å². The van der Waals surface area contributed by atoms with E-state index < -0.39 is 17.8 Å². The Morgan fingerprint density at radius 3 is 2.88 bits per heavy atom. The van der Waals surface area contributed by atoms with Gasteiger partial charge in [-0.25, -0.2) is 4.39 Å². The SMILES string of the molecule is CC(C(N)=O)n1c(=S)[nH]c2cc(Cl)c(F)cc21. The van der Waals surface area contributed by atoms with Crippen LogP contribution in [0.4, 0.5) is 4.39 Å². The highest BCUT2D eigenvalue weighted by molar-refractivity contribution is 7.71. The summed E-state index contributed by atoms with van der Waals surface area (Å²) in [7, 11) is 0. The second-order valence-corrected chi connectivity index (χ2v) is 4.46. The molecule has 0 aliphatic carbocycles. The zero-order valence-electron chi connectivity index (χ0n) is 8.83. The molecule has 17 heavy (non-hydrogen) atoms. The number of imidazole rings is 1. The number of hydrogen-bond donors (Lipinski definition) is 2. The van der Waals surface area contributed by atoms with Crippen LogP contribution in [0.5, 0.6) is 0 Å². The van der Waals surface area contributed by atoms with Gasteiger partial charge < -0.3 is 15.3 Å². The third-order valence-corrected chi connectivity index (χ3v) is 3.15. The summed E-state index contributed by atoms with van der Waals surface area (Å²) in [5, 5.41) is -0.00683. The Morgan fingerprint density at radius 2 is 2.29 bits per heavy atom. The Morgan fingerprint density at radius 1 is 1.65 bits per heavy atom. The summed E-state index contributed by atoms with van der Waals surface area (Å²) in [5.74, 6) is -1.11. The standard InChI is InChI=1S/C10H9ClFN3OS/c1-4(9(13)16)15-8-3-6(12)5(11)2-7(8)14-10(15)17/h2-4H,1H3,(H2,13,16)(H,14,17). The number of rotatable bonds is 2. The minimum Gasteiger partial charge on any atom is -0.368 e. The zero-order valence-corrected chi connectivity index (χ0v) is 10.4. The van der Waals surface area contributed by atoms with Crippen LogP contribution in [0.2, 0.25) is 5.02 Å². The van der Waals surface area contributed by atoms with Gasteiger partial charge in [-0.1, -0.05) is 11.6 Å². The van der Waals surface area contributed by atoms with Crippen molar-refractivity contribution in [2.24, 2.45) is 5.73 Å². The van der Waals surface area contributed by atoms with Crippen LogP contribution in [-0.4, -0.2) is 15.5 Å². The average Bonchev–Trinajstić information content (AvgIpc) is 2.53. The molecule has 1 heterocycles. The van der Waals surface area contributed by atoms with Gasteiger partial charge in [0.2, 0.25) is 5.91 Å². The van der Waals surface area contributed by atoms with Crippen molar-refractivity contribution in [2.45, 2.75) is 13.0 Å². The van der Waals surface area contributed by atoms with Crippen molar-refractivity contribution in [1.29, 1.82) is 0 Å². The van der Waals surface area contributed by atoms with E-state index in [1.165, 1.54) is 16.7 Å². The summed E-state index contributed by atoms with van der Waals surface area (Å²) in [6.07, 6.45) is 0. The first kappa shape index (κ1) is 12.1. The molecule has 1 unspecified atom stereocenters. The van der Waals surface area contributed by atoms with Crippen molar-refractivity contribution in [3.8, 4) is 0 Å². The number of carbonyl (C=O) groups is 1. The molecule has 0 bridgehead atoms. The lowest BCUT2D eigenvalue weighted by Gasteiger charge is -2.10. The van der Waals surface area contributed by atoms with E-state index in [0.717, 1.165) is 0 Å². The molecule has 7 heteroatoms. The Bertz CT molecular complexity index is 663. The number of fused-ring (bicyclic) bond motifs is 1. The predicted molar refractivity (Wildman–Crippen MR) is 66.0 cm³/mol.